The van der Waals surface area contributed by atoms with E-state index in [9.17, 15) is 14.6 Å². The molecule has 2 aromatic heterocycles. The number of ether oxygens (including phenoxy) is 1. The van der Waals surface area contributed by atoms with Gasteiger partial charge in [0.25, 0.3) is 0 Å². The van der Waals surface area contributed by atoms with Crippen LogP contribution < -0.4 is 0 Å². The van der Waals surface area contributed by atoms with Crippen molar-refractivity contribution in [3.8, 4) is 0 Å². The molecule has 1 fully saturated rings. The minimum absolute atomic E-state index is 0.0306. The van der Waals surface area contributed by atoms with E-state index in [1.807, 2.05) is 0 Å². The van der Waals surface area contributed by atoms with Crippen LogP contribution in [0.2, 0.25) is 0 Å². The number of hydrogen-bond donors (Lipinski definition) is 3. The number of hydrogen-bond acceptors (Lipinski definition) is 6. The first-order valence-corrected chi connectivity index (χ1v) is 6.51. The van der Waals surface area contributed by atoms with Crippen LogP contribution in [0.3, 0.4) is 0 Å². The highest BCUT2D eigenvalue weighted by molar-refractivity contribution is 5.53. The summed E-state index contributed by atoms with van der Waals surface area (Å²) in [7, 11) is 0. The van der Waals surface area contributed by atoms with Crippen molar-refractivity contribution in [2.45, 2.75) is 37.5 Å². The molecule has 0 spiro atoms. The topological polar surface area (TPSA) is 100 Å². The van der Waals surface area contributed by atoms with Gasteiger partial charge in [0.2, 0.25) is 5.79 Å². The predicted molar refractivity (Wildman–Crippen MR) is 69.1 cm³/mol. The van der Waals surface area contributed by atoms with E-state index in [0.29, 0.717) is 11.2 Å². The van der Waals surface area contributed by atoms with Crippen LogP contribution in [-0.2, 0) is 10.5 Å². The van der Waals surface area contributed by atoms with Crippen molar-refractivity contribution in [2.24, 2.45) is 0 Å². The molecular formula is C13H16FN3O4. The van der Waals surface area contributed by atoms with Crippen LogP contribution in [-0.4, -0.2) is 54.4 Å². The van der Waals surface area contributed by atoms with Crippen LogP contribution in [0.1, 0.15) is 18.3 Å². The first kappa shape index (κ1) is 14.3. The highest BCUT2D eigenvalue weighted by atomic mass is 19.1. The monoisotopic (exact) mass is 297 g/mol. The van der Waals surface area contributed by atoms with Gasteiger partial charge < -0.3 is 20.1 Å². The number of aliphatic hydroxyl groups excluding tert-OH is 2. The van der Waals surface area contributed by atoms with E-state index in [4.69, 9.17) is 9.84 Å². The van der Waals surface area contributed by atoms with Crippen molar-refractivity contribution in [2.75, 3.05) is 6.61 Å². The van der Waals surface area contributed by atoms with E-state index in [1.54, 1.807) is 13.0 Å². The second-order valence-electron chi connectivity index (χ2n) is 5.36. The number of aromatic nitrogens is 3. The molecule has 1 aliphatic heterocycles. The van der Waals surface area contributed by atoms with Gasteiger partial charge in [-0.25, -0.2) is 13.9 Å². The Morgan fingerprint density at radius 3 is 2.81 bits per heavy atom. The van der Waals surface area contributed by atoms with Crippen molar-refractivity contribution < 1.29 is 24.4 Å². The minimum Gasteiger partial charge on any atom is -0.394 e. The van der Waals surface area contributed by atoms with Gasteiger partial charge in [0.05, 0.1) is 17.8 Å². The van der Waals surface area contributed by atoms with Gasteiger partial charge in [0, 0.05) is 0 Å². The van der Waals surface area contributed by atoms with Crippen molar-refractivity contribution >= 4 is 5.52 Å². The van der Waals surface area contributed by atoms with Gasteiger partial charge in [-0.05, 0) is 26.0 Å². The summed E-state index contributed by atoms with van der Waals surface area (Å²) in [4.78, 5) is 4.01. The van der Waals surface area contributed by atoms with Gasteiger partial charge in [-0.2, -0.15) is 5.10 Å². The van der Waals surface area contributed by atoms with Crippen molar-refractivity contribution in [1.29, 1.82) is 0 Å². The van der Waals surface area contributed by atoms with Gasteiger partial charge in [-0.15, -0.1) is 0 Å². The Morgan fingerprint density at radius 1 is 1.48 bits per heavy atom. The molecule has 3 N–H and O–H groups in total. The summed E-state index contributed by atoms with van der Waals surface area (Å²) >= 11 is 0. The number of rotatable bonds is 2. The maximum Gasteiger partial charge on any atom is 0.248 e. The normalized spacial score (nSPS) is 36.5. The van der Waals surface area contributed by atoms with E-state index in [0.717, 1.165) is 6.92 Å². The average molecular weight is 297 g/mol. The summed E-state index contributed by atoms with van der Waals surface area (Å²) in [5, 5.41) is 33.8. The van der Waals surface area contributed by atoms with Crippen LogP contribution in [0.4, 0.5) is 4.39 Å². The fourth-order valence-electron chi connectivity index (χ4n) is 2.71. The molecule has 0 radical (unpaired) electrons. The number of alkyl halides is 1. The summed E-state index contributed by atoms with van der Waals surface area (Å²) in [6.45, 7) is 2.17. The smallest absolute Gasteiger partial charge is 0.248 e. The number of halogens is 1. The third kappa shape index (κ3) is 1.73. The highest BCUT2D eigenvalue weighted by Crippen LogP contribution is 2.47. The minimum atomic E-state index is -2.51. The highest BCUT2D eigenvalue weighted by Gasteiger charge is 2.65. The Labute approximate surface area is 119 Å². The zero-order chi connectivity index (χ0) is 15.4. The molecule has 1 aliphatic rings. The fourth-order valence-corrected chi connectivity index (χ4v) is 2.71. The van der Waals surface area contributed by atoms with Crippen molar-refractivity contribution in [3.05, 3.63) is 29.8 Å². The van der Waals surface area contributed by atoms with Gasteiger partial charge >= 0.3 is 0 Å². The molecule has 0 aliphatic carbocycles. The average Bonchev–Trinajstić information content (AvgIpc) is 2.95. The summed E-state index contributed by atoms with van der Waals surface area (Å²) in [6, 6.07) is 3.09. The Kier molecular flexibility index (Phi) is 3.03. The van der Waals surface area contributed by atoms with Crippen LogP contribution in [0.15, 0.2) is 18.5 Å². The summed E-state index contributed by atoms with van der Waals surface area (Å²) in [5.41, 5.74) is -1.24. The zero-order valence-corrected chi connectivity index (χ0v) is 11.6. The lowest BCUT2D eigenvalue weighted by Crippen LogP contribution is -2.49. The van der Waals surface area contributed by atoms with E-state index >= 15 is 0 Å². The molecule has 3 rings (SSSR count). The second-order valence-corrected chi connectivity index (χ2v) is 5.36. The first-order chi connectivity index (χ1) is 9.83. The molecular weight excluding hydrogens is 281 g/mol. The van der Waals surface area contributed by atoms with E-state index < -0.39 is 30.3 Å². The lowest BCUT2D eigenvalue weighted by Gasteiger charge is -2.31. The molecule has 0 bridgehead atoms. The number of nitrogens with zero attached hydrogens (tertiary/aromatic N) is 3. The Balaban J connectivity index is 2.19. The van der Waals surface area contributed by atoms with E-state index in [1.165, 1.54) is 16.9 Å². The molecule has 8 heteroatoms. The standard InChI is InChI=1S/C13H16FN3O4/c1-7-8-3-4-10(17(8)16-6-15-7)13(20)12(2,14)11(19)9(5-18)21-13/h3-4,6,9,11,18-20H,5H2,1-2H3/t9-,11-,12-,13?/m1/s1. The Bertz CT molecular complexity index is 689. The van der Waals surface area contributed by atoms with Crippen LogP contribution >= 0.6 is 0 Å². The maximum atomic E-state index is 14.9. The molecule has 114 valence electrons. The summed E-state index contributed by atoms with van der Waals surface area (Å²) in [5.74, 6) is -2.42. The second kappa shape index (κ2) is 4.44. The lowest BCUT2D eigenvalue weighted by molar-refractivity contribution is -0.256. The SMILES string of the molecule is Cc1ncnn2c(C3(O)O[C@H](CO)[C@@H](O)[C@@]3(C)F)ccc12. The first-order valence-electron chi connectivity index (χ1n) is 6.51. The molecule has 1 saturated heterocycles. The molecule has 7 nitrogen and oxygen atoms in total. The molecule has 3 heterocycles. The third-order valence-electron chi connectivity index (χ3n) is 4.06. The van der Waals surface area contributed by atoms with Gasteiger partial charge in [0.1, 0.15) is 24.2 Å². The molecule has 0 amide bonds. The number of aliphatic hydroxyl groups is 3. The molecule has 21 heavy (non-hydrogen) atoms. The summed E-state index contributed by atoms with van der Waals surface area (Å²) < 4.78 is 21.4. The van der Waals surface area contributed by atoms with Crippen molar-refractivity contribution in [1.82, 2.24) is 14.6 Å². The molecule has 2 aromatic rings. The van der Waals surface area contributed by atoms with Crippen molar-refractivity contribution in [3.63, 3.8) is 0 Å². The molecule has 1 unspecified atom stereocenters. The van der Waals surface area contributed by atoms with E-state index in [2.05, 4.69) is 10.1 Å². The van der Waals surface area contributed by atoms with Gasteiger partial charge in [-0.1, -0.05) is 0 Å². The summed E-state index contributed by atoms with van der Waals surface area (Å²) in [6.07, 6.45) is -1.61. The molecule has 0 aromatic carbocycles. The Hall–Kier alpha value is -1.61. The number of aryl methyl sites for hydroxylation is 1. The fraction of sp³-hybridized carbons (Fsp3) is 0.538. The third-order valence-corrected chi connectivity index (χ3v) is 4.06. The number of fused-ring (bicyclic) bond motifs is 1. The van der Waals surface area contributed by atoms with Crippen LogP contribution in [0.25, 0.3) is 5.52 Å². The predicted octanol–water partition coefficient (Wildman–Crippen LogP) is -0.337. The lowest BCUT2D eigenvalue weighted by atomic mass is 9.90. The van der Waals surface area contributed by atoms with Gasteiger partial charge in [-0.3, -0.25) is 0 Å². The van der Waals surface area contributed by atoms with Gasteiger partial charge in [0.15, 0.2) is 5.67 Å². The largest absolute Gasteiger partial charge is 0.394 e. The van der Waals surface area contributed by atoms with E-state index in [-0.39, 0.29) is 5.69 Å². The quantitative estimate of drug-likeness (QED) is 0.701. The Morgan fingerprint density at radius 2 is 2.19 bits per heavy atom. The maximum absolute atomic E-state index is 14.9. The van der Waals surface area contributed by atoms with Crippen LogP contribution in [0.5, 0.6) is 0 Å². The molecule has 4 atom stereocenters. The van der Waals surface area contributed by atoms with Crippen LogP contribution in [0, 0.1) is 6.92 Å². The zero-order valence-electron chi connectivity index (χ0n) is 11.6. The molecule has 0 saturated carbocycles.